The maximum absolute atomic E-state index is 12.2. The van der Waals surface area contributed by atoms with Gasteiger partial charge in [-0.3, -0.25) is 0 Å². The maximum Gasteiger partial charge on any atom is 0.241 e. The second kappa shape index (κ2) is 6.98. The normalized spacial score (nSPS) is 11.5. The van der Waals surface area contributed by atoms with E-state index >= 15 is 0 Å². The second-order valence-electron chi connectivity index (χ2n) is 4.34. The summed E-state index contributed by atoms with van der Waals surface area (Å²) in [4.78, 5) is 0.101. The highest BCUT2D eigenvalue weighted by molar-refractivity contribution is 7.89. The molecule has 0 radical (unpaired) electrons. The van der Waals surface area contributed by atoms with Gasteiger partial charge in [0.1, 0.15) is 11.5 Å². The molecule has 0 saturated heterocycles. The summed E-state index contributed by atoms with van der Waals surface area (Å²) in [7, 11) is -3.65. The van der Waals surface area contributed by atoms with Gasteiger partial charge in [0.05, 0.1) is 29.3 Å². The van der Waals surface area contributed by atoms with Crippen LogP contribution in [0.1, 0.15) is 19.1 Å². The molecule has 1 aromatic heterocycles. The number of rotatable bonds is 7. The minimum atomic E-state index is -3.65. The van der Waals surface area contributed by atoms with E-state index in [4.69, 9.17) is 20.8 Å². The van der Waals surface area contributed by atoms with Crippen LogP contribution in [0.4, 0.5) is 0 Å². The number of hydrogen-bond acceptors (Lipinski definition) is 4. The predicted molar refractivity (Wildman–Crippen MR) is 80.0 cm³/mol. The van der Waals surface area contributed by atoms with Crippen molar-refractivity contribution in [2.24, 2.45) is 0 Å². The topological polar surface area (TPSA) is 68.5 Å². The van der Waals surface area contributed by atoms with Crippen LogP contribution in [0.5, 0.6) is 5.75 Å². The Bertz CT molecular complexity index is 683. The molecule has 0 atom stereocenters. The fourth-order valence-corrected chi connectivity index (χ4v) is 2.82. The van der Waals surface area contributed by atoms with Gasteiger partial charge in [-0.15, -0.1) is 0 Å². The van der Waals surface area contributed by atoms with E-state index in [1.54, 1.807) is 12.1 Å². The summed E-state index contributed by atoms with van der Waals surface area (Å²) < 4.78 is 37.4. The van der Waals surface area contributed by atoms with Crippen molar-refractivity contribution >= 4 is 21.6 Å². The highest BCUT2D eigenvalue weighted by Gasteiger charge is 2.16. The van der Waals surface area contributed by atoms with Crippen molar-refractivity contribution in [2.75, 3.05) is 6.61 Å². The molecule has 21 heavy (non-hydrogen) atoms. The smallest absolute Gasteiger partial charge is 0.241 e. The van der Waals surface area contributed by atoms with E-state index in [2.05, 4.69) is 4.72 Å². The van der Waals surface area contributed by atoms with Gasteiger partial charge in [-0.05, 0) is 30.7 Å². The zero-order valence-corrected chi connectivity index (χ0v) is 13.1. The summed E-state index contributed by atoms with van der Waals surface area (Å²) in [5, 5.41) is 0.383. The first-order valence-corrected chi connectivity index (χ1v) is 8.33. The first-order chi connectivity index (χ1) is 10.0. The Labute approximate surface area is 128 Å². The lowest BCUT2D eigenvalue weighted by Gasteiger charge is -2.10. The summed E-state index contributed by atoms with van der Waals surface area (Å²) in [5.41, 5.74) is 0. The van der Waals surface area contributed by atoms with Crippen LogP contribution in [0, 0.1) is 0 Å². The van der Waals surface area contributed by atoms with E-state index < -0.39 is 10.0 Å². The summed E-state index contributed by atoms with van der Waals surface area (Å²) in [6.07, 6.45) is 2.30. The molecule has 0 unspecified atom stereocenters. The van der Waals surface area contributed by atoms with Crippen molar-refractivity contribution in [3.8, 4) is 5.75 Å². The molecule has 0 aliphatic carbocycles. The van der Waals surface area contributed by atoms with Crippen LogP contribution in [0.2, 0.25) is 5.02 Å². The molecule has 1 heterocycles. The molecule has 0 saturated carbocycles. The molecule has 1 N–H and O–H groups in total. The number of sulfonamides is 1. The van der Waals surface area contributed by atoms with Crippen LogP contribution < -0.4 is 9.46 Å². The van der Waals surface area contributed by atoms with E-state index in [9.17, 15) is 8.42 Å². The van der Waals surface area contributed by atoms with E-state index in [0.29, 0.717) is 23.1 Å². The molecule has 0 aliphatic rings. The molecule has 2 aromatic rings. The maximum atomic E-state index is 12.2. The van der Waals surface area contributed by atoms with Crippen molar-refractivity contribution in [2.45, 2.75) is 24.8 Å². The van der Waals surface area contributed by atoms with Crippen LogP contribution in [-0.2, 0) is 16.6 Å². The molecule has 0 bridgehead atoms. The summed E-state index contributed by atoms with van der Waals surface area (Å²) in [6, 6.07) is 7.75. The summed E-state index contributed by atoms with van der Waals surface area (Å²) in [6.45, 7) is 2.52. The van der Waals surface area contributed by atoms with Crippen LogP contribution in [-0.4, -0.2) is 15.0 Å². The standard InChI is InChI=1S/C14H16ClNO4S/c1-2-7-20-14-9-12(5-6-13(14)15)21(17,18)16-10-11-4-3-8-19-11/h3-6,8-9,16H,2,7,10H2,1H3. The van der Waals surface area contributed by atoms with E-state index in [1.165, 1.54) is 24.5 Å². The van der Waals surface area contributed by atoms with Gasteiger partial charge >= 0.3 is 0 Å². The zero-order valence-electron chi connectivity index (χ0n) is 11.5. The molecule has 0 amide bonds. The monoisotopic (exact) mass is 329 g/mol. The SMILES string of the molecule is CCCOc1cc(S(=O)(=O)NCc2ccco2)ccc1Cl. The lowest BCUT2D eigenvalue weighted by Crippen LogP contribution is -2.23. The molecule has 5 nitrogen and oxygen atoms in total. The van der Waals surface area contributed by atoms with Gasteiger partial charge in [0.15, 0.2) is 0 Å². The van der Waals surface area contributed by atoms with Gasteiger partial charge in [0, 0.05) is 6.07 Å². The second-order valence-corrected chi connectivity index (χ2v) is 6.52. The Morgan fingerprint density at radius 3 is 2.81 bits per heavy atom. The third-order valence-corrected chi connectivity index (χ3v) is 4.40. The van der Waals surface area contributed by atoms with Crippen LogP contribution in [0.25, 0.3) is 0 Å². The molecule has 2 rings (SSSR count). The summed E-state index contributed by atoms with van der Waals surface area (Å²) in [5.74, 6) is 0.898. The molecular formula is C14H16ClNO4S. The number of ether oxygens (including phenoxy) is 1. The molecule has 114 valence electrons. The first-order valence-electron chi connectivity index (χ1n) is 6.47. The van der Waals surface area contributed by atoms with Crippen molar-refractivity contribution in [3.63, 3.8) is 0 Å². The fourth-order valence-electron chi connectivity index (χ4n) is 1.64. The van der Waals surface area contributed by atoms with Crippen molar-refractivity contribution in [1.29, 1.82) is 0 Å². The zero-order chi connectivity index (χ0) is 15.3. The Hall–Kier alpha value is -1.50. The van der Waals surface area contributed by atoms with E-state index in [1.807, 2.05) is 6.92 Å². The Kier molecular flexibility index (Phi) is 5.27. The Morgan fingerprint density at radius 1 is 1.33 bits per heavy atom. The molecule has 1 aromatic carbocycles. The van der Waals surface area contributed by atoms with Gasteiger partial charge in [-0.25, -0.2) is 13.1 Å². The Morgan fingerprint density at radius 2 is 2.14 bits per heavy atom. The van der Waals surface area contributed by atoms with E-state index in [0.717, 1.165) is 6.42 Å². The quantitative estimate of drug-likeness (QED) is 0.847. The average molecular weight is 330 g/mol. The van der Waals surface area contributed by atoms with Gasteiger partial charge in [-0.2, -0.15) is 0 Å². The number of hydrogen-bond donors (Lipinski definition) is 1. The number of halogens is 1. The first kappa shape index (κ1) is 15.9. The van der Waals surface area contributed by atoms with Gasteiger partial charge in [0.2, 0.25) is 10.0 Å². The lowest BCUT2D eigenvalue weighted by molar-refractivity contribution is 0.317. The van der Waals surface area contributed by atoms with Gasteiger partial charge in [-0.1, -0.05) is 18.5 Å². The highest BCUT2D eigenvalue weighted by atomic mass is 35.5. The minimum Gasteiger partial charge on any atom is -0.492 e. The molecular weight excluding hydrogens is 314 g/mol. The number of benzene rings is 1. The molecule has 0 fully saturated rings. The predicted octanol–water partition coefficient (Wildman–Crippen LogP) is 3.20. The van der Waals surface area contributed by atoms with Crippen LogP contribution in [0.3, 0.4) is 0 Å². The molecule has 0 spiro atoms. The summed E-state index contributed by atoms with van der Waals surface area (Å²) >= 11 is 5.99. The third kappa shape index (κ3) is 4.23. The minimum absolute atomic E-state index is 0.0864. The van der Waals surface area contributed by atoms with Gasteiger partial charge in [0.25, 0.3) is 0 Å². The van der Waals surface area contributed by atoms with Crippen molar-refractivity contribution in [1.82, 2.24) is 4.72 Å². The fraction of sp³-hybridized carbons (Fsp3) is 0.286. The van der Waals surface area contributed by atoms with Crippen LogP contribution in [0.15, 0.2) is 45.9 Å². The lowest BCUT2D eigenvalue weighted by atomic mass is 10.3. The molecule has 7 heteroatoms. The molecule has 0 aliphatic heterocycles. The van der Waals surface area contributed by atoms with E-state index in [-0.39, 0.29) is 11.4 Å². The highest BCUT2D eigenvalue weighted by Crippen LogP contribution is 2.27. The third-order valence-electron chi connectivity index (χ3n) is 2.69. The Balaban J connectivity index is 2.15. The van der Waals surface area contributed by atoms with Crippen molar-refractivity contribution < 1.29 is 17.6 Å². The number of nitrogens with one attached hydrogen (secondary N) is 1. The van der Waals surface area contributed by atoms with Crippen molar-refractivity contribution in [3.05, 3.63) is 47.4 Å². The van der Waals surface area contributed by atoms with Gasteiger partial charge < -0.3 is 9.15 Å². The van der Waals surface area contributed by atoms with Crippen LogP contribution >= 0.6 is 11.6 Å². The average Bonchev–Trinajstić information content (AvgIpc) is 2.97. The number of furan rings is 1. The largest absolute Gasteiger partial charge is 0.492 e.